The van der Waals surface area contributed by atoms with Crippen molar-refractivity contribution in [2.75, 3.05) is 0 Å². The van der Waals surface area contributed by atoms with Gasteiger partial charge >= 0.3 is 34.4 Å². The van der Waals surface area contributed by atoms with E-state index in [1.54, 1.807) is 0 Å². The zero-order valence-electron chi connectivity index (χ0n) is 34.0. The van der Waals surface area contributed by atoms with E-state index >= 15 is 0 Å². The summed E-state index contributed by atoms with van der Waals surface area (Å²) in [6, 6.07) is 42.4. The van der Waals surface area contributed by atoms with Gasteiger partial charge in [0.25, 0.3) is 0 Å². The van der Waals surface area contributed by atoms with Gasteiger partial charge < -0.3 is 127 Å². The first-order valence-corrected chi connectivity index (χ1v) is 21.2. The van der Waals surface area contributed by atoms with Gasteiger partial charge in [-0.25, -0.2) is 0 Å². The van der Waals surface area contributed by atoms with E-state index in [9.17, 15) is 19.2 Å². The van der Waals surface area contributed by atoms with Crippen LogP contribution in [0.5, 0.6) is 46.0 Å². The standard InChI is InChI=1S/C40H14O16P4.8Y/c41-37-23-11-1-5-15-27(23)45-57(53-37)49-31-19-9-20-32(50-58-46-28-16-6-2-12-24(28)38(42)54-58)35(31)36-33(51-59-47-29-17-7-3-13-25(29)39(43)55-59)21-10-22-34(36)52-60-48-30-18-8-4-14-26(30)40(44)56-60;;;;;;;;/h5-14,19-22H;;;;;;;;/q-8;;;;;;;;. The molecule has 322 valence electrons. The summed E-state index contributed by atoms with van der Waals surface area (Å²) in [5, 5.41) is 0. The topological polar surface area (TPSA) is 179 Å². The van der Waals surface area contributed by atoms with Gasteiger partial charge in [-0.05, 0) is 24.3 Å². The summed E-state index contributed by atoms with van der Waals surface area (Å²) in [7, 11) is -10.1. The summed E-state index contributed by atoms with van der Waals surface area (Å²) in [6.07, 6.45) is 0. The van der Waals surface area contributed by atoms with Crippen molar-refractivity contribution in [3.8, 4) is 57.1 Å². The summed E-state index contributed by atoms with van der Waals surface area (Å²) in [4.78, 5) is 52.1. The molecule has 4 heterocycles. The van der Waals surface area contributed by atoms with Crippen molar-refractivity contribution in [1.82, 2.24) is 0 Å². The SMILES string of the molecule is O=C1OP(Oc2cccc(OP3OC(=O)c4c[c-]c[c-]c4O3)c2-c2c(OP3OC(=O)c4c[c-]c[c-]c4O3)cccc2OP2OC(=O)c3c[c-]c[c-]c3O2)Oc2[c-]c[c-]cc21.[Y].[Y].[Y].[Y].[Y].[Y].[Y].[Y]. The molecular formula is C40H14O16P4Y8-8. The number of benzene rings is 6. The van der Waals surface area contributed by atoms with Crippen molar-refractivity contribution in [3.05, 3.63) is 156 Å². The summed E-state index contributed by atoms with van der Waals surface area (Å²) < 4.78 is 70.8. The fourth-order valence-corrected chi connectivity index (χ4v) is 9.37. The molecule has 0 bridgehead atoms. The van der Waals surface area contributed by atoms with E-state index in [4.69, 9.17) is 54.3 Å². The maximum atomic E-state index is 13.0. The summed E-state index contributed by atoms with van der Waals surface area (Å²) in [5.74, 6) is -3.16. The number of carbonyl (C=O) groups excluding carboxylic acids is 4. The molecule has 16 nitrogen and oxygen atoms in total. The molecule has 0 amide bonds. The summed E-state index contributed by atoms with van der Waals surface area (Å²) >= 11 is 0. The van der Waals surface area contributed by atoms with Crippen molar-refractivity contribution < 1.29 is 335 Å². The van der Waals surface area contributed by atoms with E-state index in [1.165, 1.54) is 84.9 Å². The molecule has 0 aliphatic carbocycles. The molecule has 6 aromatic rings. The van der Waals surface area contributed by atoms with Gasteiger partial charge in [-0.3, -0.25) is 43.4 Å². The predicted octanol–water partition coefficient (Wildman–Crippen LogP) is 9.16. The second-order valence-corrected chi connectivity index (χ2v) is 15.7. The maximum Gasteiger partial charge on any atom is 0.527 e. The van der Waals surface area contributed by atoms with Crippen LogP contribution in [0, 0.1) is 48.5 Å². The van der Waals surface area contributed by atoms with E-state index in [0.29, 0.717) is 0 Å². The van der Waals surface area contributed by atoms with E-state index < -0.39 is 58.3 Å². The summed E-state index contributed by atoms with van der Waals surface area (Å²) in [6.45, 7) is 0. The Balaban J connectivity index is 0.00000198. The fourth-order valence-electron chi connectivity index (χ4n) is 5.54. The monoisotopic (exact) mass is 1590 g/mol. The molecule has 0 saturated heterocycles. The van der Waals surface area contributed by atoms with Gasteiger partial charge in [0.15, 0.2) is 0 Å². The minimum atomic E-state index is -2.52. The molecule has 10 rings (SSSR count). The Morgan fingerprint density at radius 3 is 0.779 bits per heavy atom. The van der Waals surface area contributed by atoms with E-state index in [2.05, 4.69) is 48.5 Å². The van der Waals surface area contributed by atoms with Crippen molar-refractivity contribution in [2.45, 2.75) is 0 Å². The van der Waals surface area contributed by atoms with Crippen LogP contribution < -0.4 is 36.2 Å². The molecule has 4 unspecified atom stereocenters. The van der Waals surface area contributed by atoms with E-state index in [-0.39, 0.29) is 341 Å². The number of carbonyl (C=O) groups is 4. The largest absolute Gasteiger partial charge is 0.527 e. The van der Waals surface area contributed by atoms with Crippen LogP contribution in [0.4, 0.5) is 0 Å². The molecule has 0 spiro atoms. The van der Waals surface area contributed by atoms with Crippen LogP contribution in [0.3, 0.4) is 0 Å². The van der Waals surface area contributed by atoms with Crippen LogP contribution in [0.15, 0.2) is 84.9 Å². The van der Waals surface area contributed by atoms with Crippen molar-refractivity contribution in [3.63, 3.8) is 0 Å². The van der Waals surface area contributed by atoms with E-state index in [1.807, 2.05) is 0 Å². The van der Waals surface area contributed by atoms with Crippen molar-refractivity contribution >= 4 is 58.3 Å². The Bertz CT molecular complexity index is 2410. The Morgan fingerprint density at radius 2 is 0.559 bits per heavy atom. The van der Waals surface area contributed by atoms with Crippen molar-refractivity contribution in [1.29, 1.82) is 0 Å². The van der Waals surface area contributed by atoms with Gasteiger partial charge in [0.1, 0.15) is 23.0 Å². The third kappa shape index (κ3) is 15.2. The second kappa shape index (κ2) is 30.8. The Kier molecular flexibility index (Phi) is 30.0. The van der Waals surface area contributed by atoms with Crippen molar-refractivity contribution in [2.24, 2.45) is 0 Å². The van der Waals surface area contributed by atoms with Crippen LogP contribution in [-0.2, 0) is 280 Å². The maximum absolute atomic E-state index is 13.0. The molecule has 4 aliphatic rings. The molecule has 0 fully saturated rings. The number of fused-ring (bicyclic) bond motifs is 4. The van der Waals surface area contributed by atoms with Gasteiger partial charge in [0, 0.05) is 262 Å². The first-order chi connectivity index (χ1) is 29.3. The first-order valence-electron chi connectivity index (χ1n) is 16.8. The molecule has 0 saturated carbocycles. The average Bonchev–Trinajstić information content (AvgIpc) is 3.24. The Morgan fingerprint density at radius 1 is 0.338 bits per heavy atom. The first kappa shape index (κ1) is 66.3. The molecule has 4 aliphatic heterocycles. The van der Waals surface area contributed by atoms with Crippen LogP contribution in [0.25, 0.3) is 11.1 Å². The van der Waals surface area contributed by atoms with Crippen LogP contribution >= 0.6 is 34.4 Å². The van der Waals surface area contributed by atoms with Gasteiger partial charge in [-0.1, -0.05) is 35.1 Å². The molecule has 68 heavy (non-hydrogen) atoms. The number of hydrogen-bond acceptors (Lipinski definition) is 16. The molecule has 28 heteroatoms. The van der Waals surface area contributed by atoms with Crippen LogP contribution in [-0.4, -0.2) is 23.9 Å². The third-order valence-corrected chi connectivity index (χ3v) is 12.1. The smallest absolute Gasteiger partial charge is 0.459 e. The minimum Gasteiger partial charge on any atom is -0.459 e. The Hall–Kier alpha value is 2.15. The normalized spacial score (nSPS) is 17.2. The van der Waals surface area contributed by atoms with Crippen LogP contribution in [0.2, 0.25) is 0 Å². The van der Waals surface area contributed by atoms with Crippen LogP contribution in [0.1, 0.15) is 41.4 Å². The molecule has 0 N–H and O–H groups in total. The molecule has 0 aromatic heterocycles. The quantitative estimate of drug-likeness (QED) is 0.0987. The fraction of sp³-hybridized carbons (Fsp3) is 0. The van der Waals surface area contributed by atoms with Gasteiger partial charge in [0.05, 0.1) is 11.1 Å². The van der Waals surface area contributed by atoms with Gasteiger partial charge in [-0.2, -0.15) is 0 Å². The number of rotatable bonds is 9. The average molecular weight is 1590 g/mol. The minimum absolute atomic E-state index is 0. The zero-order chi connectivity index (χ0) is 40.7. The summed E-state index contributed by atoms with van der Waals surface area (Å²) in [5.41, 5.74) is 0.258. The molecular weight excluding hydrogens is 1570 g/mol. The number of hydrogen-bond donors (Lipinski definition) is 0. The zero-order valence-corrected chi connectivity index (χ0v) is 60.3. The predicted molar refractivity (Wildman–Crippen MR) is 203 cm³/mol. The Labute approximate surface area is 594 Å². The second-order valence-electron chi connectivity index (χ2n) is 11.8. The molecule has 8 radical (unpaired) electrons. The van der Waals surface area contributed by atoms with Gasteiger partial charge in [-0.15, -0.1) is 22.3 Å². The molecule has 4 atom stereocenters. The third-order valence-electron chi connectivity index (χ3n) is 8.13. The van der Waals surface area contributed by atoms with E-state index in [0.717, 1.165) is 0 Å². The molecule has 6 aromatic carbocycles. The van der Waals surface area contributed by atoms with Gasteiger partial charge in [0.2, 0.25) is 23.9 Å².